The van der Waals surface area contributed by atoms with Gasteiger partial charge in [-0.25, -0.2) is 0 Å². The second-order valence-electron chi connectivity index (χ2n) is 7.90. The third kappa shape index (κ3) is 3.32. The number of allylic oxidation sites excluding steroid dienone is 1. The highest BCUT2D eigenvalue weighted by atomic mass is 16.5. The highest BCUT2D eigenvalue weighted by Gasteiger charge is 2.47. The molecule has 0 aromatic heterocycles. The molecule has 4 heteroatoms. The second kappa shape index (κ2) is 7.91. The van der Waals surface area contributed by atoms with Gasteiger partial charge in [-0.1, -0.05) is 30.9 Å². The first-order valence-corrected chi connectivity index (χ1v) is 9.76. The summed E-state index contributed by atoms with van der Waals surface area (Å²) >= 11 is 0. The Bertz CT molecular complexity index is 670. The van der Waals surface area contributed by atoms with Crippen LogP contribution in [0.3, 0.4) is 0 Å². The molecule has 144 valence electrons. The van der Waals surface area contributed by atoms with Crippen LogP contribution in [0.4, 0.5) is 0 Å². The van der Waals surface area contributed by atoms with Crippen molar-refractivity contribution in [1.82, 2.24) is 5.32 Å². The topological polar surface area (TPSA) is 39.7 Å². The van der Waals surface area contributed by atoms with Crippen molar-refractivity contribution in [3.63, 3.8) is 0 Å². The zero-order valence-corrected chi connectivity index (χ0v) is 16.9. The molecule has 26 heavy (non-hydrogen) atoms. The molecule has 3 rings (SSSR count). The van der Waals surface area contributed by atoms with Crippen LogP contribution in [-0.2, 0) is 5.41 Å². The van der Waals surface area contributed by atoms with Gasteiger partial charge in [0.15, 0.2) is 11.5 Å². The van der Waals surface area contributed by atoms with Gasteiger partial charge in [-0.2, -0.15) is 0 Å². The Morgan fingerprint density at radius 2 is 1.77 bits per heavy atom. The molecule has 1 atom stereocenters. The number of nitrogens with one attached hydrogen (secondary N) is 1. The molecule has 1 unspecified atom stereocenters. The molecule has 0 saturated heterocycles. The first-order chi connectivity index (χ1) is 12.6. The maximum absolute atomic E-state index is 5.90. The van der Waals surface area contributed by atoms with Gasteiger partial charge in [-0.3, -0.25) is 0 Å². The fourth-order valence-corrected chi connectivity index (χ4v) is 4.87. The summed E-state index contributed by atoms with van der Waals surface area (Å²) in [5.74, 6) is 2.35. The van der Waals surface area contributed by atoms with Crippen LogP contribution >= 0.6 is 0 Å². The molecule has 1 aromatic rings. The summed E-state index contributed by atoms with van der Waals surface area (Å²) in [4.78, 5) is 0. The van der Waals surface area contributed by atoms with E-state index in [1.807, 2.05) is 0 Å². The molecule has 1 saturated carbocycles. The van der Waals surface area contributed by atoms with E-state index in [4.69, 9.17) is 14.2 Å². The molecule has 0 heterocycles. The van der Waals surface area contributed by atoms with Crippen molar-refractivity contribution < 1.29 is 14.2 Å². The van der Waals surface area contributed by atoms with Crippen LogP contribution in [0.5, 0.6) is 17.2 Å². The van der Waals surface area contributed by atoms with E-state index >= 15 is 0 Å². The number of hydrogen-bond donors (Lipinski definition) is 1. The molecule has 2 aliphatic rings. The van der Waals surface area contributed by atoms with Crippen molar-refractivity contribution >= 4 is 0 Å². The highest BCUT2D eigenvalue weighted by Crippen LogP contribution is 2.59. The second-order valence-corrected chi connectivity index (χ2v) is 7.90. The summed E-state index contributed by atoms with van der Waals surface area (Å²) in [5, 5.41) is 3.75. The van der Waals surface area contributed by atoms with Gasteiger partial charge in [0.25, 0.3) is 0 Å². The summed E-state index contributed by atoms with van der Waals surface area (Å²) in [5.41, 5.74) is 4.21. The molecule has 1 spiro atoms. The minimum Gasteiger partial charge on any atom is -0.493 e. The number of hydrogen-bond acceptors (Lipinski definition) is 4. The predicted molar refractivity (Wildman–Crippen MR) is 106 cm³/mol. The molecule has 2 aliphatic carbocycles. The van der Waals surface area contributed by atoms with Crippen LogP contribution in [-0.4, -0.2) is 27.9 Å². The smallest absolute Gasteiger partial charge is 0.203 e. The van der Waals surface area contributed by atoms with Crippen LogP contribution in [0, 0.1) is 0 Å². The van der Waals surface area contributed by atoms with Crippen molar-refractivity contribution in [2.24, 2.45) is 0 Å². The molecule has 0 bridgehead atoms. The van der Waals surface area contributed by atoms with Crippen LogP contribution < -0.4 is 19.5 Å². The number of fused-ring (bicyclic) bond motifs is 2. The predicted octanol–water partition coefficient (Wildman–Crippen LogP) is 4.91. The molecule has 1 N–H and O–H groups in total. The Morgan fingerprint density at radius 3 is 2.35 bits per heavy atom. The minimum absolute atomic E-state index is 0.196. The average Bonchev–Trinajstić information content (AvgIpc) is 2.93. The monoisotopic (exact) mass is 359 g/mol. The van der Waals surface area contributed by atoms with Crippen molar-refractivity contribution in [3.8, 4) is 17.2 Å². The fraction of sp³-hybridized carbons (Fsp3) is 0.636. The number of benzene rings is 1. The Labute approximate surface area is 157 Å². The zero-order valence-electron chi connectivity index (χ0n) is 16.9. The number of rotatable bonds is 6. The maximum Gasteiger partial charge on any atom is 0.203 e. The van der Waals surface area contributed by atoms with E-state index in [0.717, 1.165) is 30.2 Å². The van der Waals surface area contributed by atoms with E-state index in [-0.39, 0.29) is 5.41 Å². The summed E-state index contributed by atoms with van der Waals surface area (Å²) in [6, 6.07) is 2.49. The third-order valence-electron chi connectivity index (χ3n) is 6.05. The van der Waals surface area contributed by atoms with E-state index in [1.165, 1.54) is 48.8 Å². The van der Waals surface area contributed by atoms with Crippen molar-refractivity contribution in [1.29, 1.82) is 0 Å². The van der Waals surface area contributed by atoms with Gasteiger partial charge >= 0.3 is 0 Å². The van der Waals surface area contributed by atoms with E-state index in [2.05, 4.69) is 31.3 Å². The molecule has 0 aliphatic heterocycles. The van der Waals surface area contributed by atoms with Gasteiger partial charge < -0.3 is 19.5 Å². The number of methoxy groups -OCH3 is 3. The van der Waals surface area contributed by atoms with E-state index in [1.54, 1.807) is 21.3 Å². The van der Waals surface area contributed by atoms with Crippen LogP contribution in [0.15, 0.2) is 17.7 Å². The Hall–Kier alpha value is -1.68. The van der Waals surface area contributed by atoms with Crippen molar-refractivity contribution in [2.75, 3.05) is 27.9 Å². The minimum atomic E-state index is 0.196. The number of ether oxygens (including phenoxy) is 3. The maximum atomic E-state index is 5.90. The van der Waals surface area contributed by atoms with Gasteiger partial charge in [-0.15, -0.1) is 0 Å². The Morgan fingerprint density at radius 1 is 1.08 bits per heavy atom. The molecular weight excluding hydrogens is 326 g/mol. The Balaban J connectivity index is 2.09. The summed E-state index contributed by atoms with van der Waals surface area (Å²) in [6.45, 7) is 5.17. The van der Waals surface area contributed by atoms with Gasteiger partial charge in [-0.05, 0) is 44.7 Å². The van der Waals surface area contributed by atoms with Crippen LogP contribution in [0.2, 0.25) is 0 Å². The lowest BCUT2D eigenvalue weighted by Gasteiger charge is -2.36. The quantitative estimate of drug-likeness (QED) is 0.732. The van der Waals surface area contributed by atoms with Gasteiger partial charge in [0.2, 0.25) is 5.75 Å². The first-order valence-electron chi connectivity index (χ1n) is 9.76. The van der Waals surface area contributed by atoms with E-state index in [9.17, 15) is 0 Å². The molecular formula is C22H33NO3. The van der Waals surface area contributed by atoms with E-state index < -0.39 is 0 Å². The SMILES string of the molecule is COc1cc2c(c(OC)c1OC)C1(CCCCC1)CC2NCC=C(C)C. The molecule has 1 aromatic carbocycles. The summed E-state index contributed by atoms with van der Waals surface area (Å²) < 4.78 is 17.2. The first kappa shape index (κ1) is 19.1. The average molecular weight is 360 g/mol. The molecule has 4 nitrogen and oxygen atoms in total. The third-order valence-corrected chi connectivity index (χ3v) is 6.05. The molecule has 1 fully saturated rings. The van der Waals surface area contributed by atoms with Gasteiger partial charge in [0.05, 0.1) is 21.3 Å². The van der Waals surface area contributed by atoms with Crippen molar-refractivity contribution in [2.45, 2.75) is 63.8 Å². The zero-order chi connectivity index (χ0) is 18.7. The van der Waals surface area contributed by atoms with E-state index in [0.29, 0.717) is 6.04 Å². The van der Waals surface area contributed by atoms with Gasteiger partial charge in [0.1, 0.15) is 0 Å². The van der Waals surface area contributed by atoms with Gasteiger partial charge in [0, 0.05) is 23.6 Å². The lowest BCUT2D eigenvalue weighted by molar-refractivity contribution is 0.260. The Kier molecular flexibility index (Phi) is 5.81. The lowest BCUT2D eigenvalue weighted by atomic mass is 9.70. The highest BCUT2D eigenvalue weighted by molar-refractivity contribution is 5.64. The summed E-state index contributed by atoms with van der Waals surface area (Å²) in [7, 11) is 5.14. The molecule has 0 radical (unpaired) electrons. The standard InChI is InChI=1S/C22H33NO3/c1-15(2)9-12-23-17-14-22(10-7-6-8-11-22)19-16(17)13-18(24-3)20(25-4)21(19)26-5/h9,13,17,23H,6-8,10-12,14H2,1-5H3. The van der Waals surface area contributed by atoms with Crippen LogP contribution in [0.25, 0.3) is 0 Å². The lowest BCUT2D eigenvalue weighted by Crippen LogP contribution is -2.28. The normalized spacial score (nSPS) is 20.6. The van der Waals surface area contributed by atoms with Crippen molar-refractivity contribution in [3.05, 3.63) is 28.8 Å². The largest absolute Gasteiger partial charge is 0.493 e. The fourth-order valence-electron chi connectivity index (χ4n) is 4.87. The van der Waals surface area contributed by atoms with Crippen LogP contribution in [0.1, 0.15) is 69.5 Å². The molecule has 0 amide bonds. The summed E-state index contributed by atoms with van der Waals surface area (Å²) in [6.07, 6.45) is 9.76.